The van der Waals surface area contributed by atoms with E-state index in [1.807, 2.05) is 18.2 Å². The van der Waals surface area contributed by atoms with Crippen LogP contribution in [0.5, 0.6) is 11.5 Å². The summed E-state index contributed by atoms with van der Waals surface area (Å²) in [4.78, 5) is 30.7. The Morgan fingerprint density at radius 2 is 1.84 bits per heavy atom. The average molecular weight is 454 g/mol. The molecule has 32 heavy (non-hydrogen) atoms. The van der Waals surface area contributed by atoms with E-state index in [1.165, 1.54) is 22.7 Å². The summed E-state index contributed by atoms with van der Waals surface area (Å²) in [7, 11) is 3.11. The summed E-state index contributed by atoms with van der Waals surface area (Å²) in [6.07, 6.45) is 5.61. The van der Waals surface area contributed by atoms with E-state index in [-0.39, 0.29) is 23.3 Å². The molecule has 1 saturated carbocycles. The van der Waals surface area contributed by atoms with Gasteiger partial charge in [-0.1, -0.05) is 43.2 Å². The molecule has 1 aliphatic carbocycles. The molecule has 1 amide bonds. The second-order valence-corrected chi connectivity index (χ2v) is 8.72. The Kier molecular flexibility index (Phi) is 6.99. The van der Waals surface area contributed by atoms with Crippen molar-refractivity contribution in [3.8, 4) is 17.2 Å². The Balaban J connectivity index is 1.68. The zero-order valence-electron chi connectivity index (χ0n) is 18.3. The molecule has 1 heterocycles. The smallest absolute Gasteiger partial charge is 0.266 e. The van der Waals surface area contributed by atoms with Crippen LogP contribution in [0, 0.1) is 0 Å². The fourth-order valence-corrected chi connectivity index (χ4v) is 4.87. The van der Waals surface area contributed by atoms with Gasteiger partial charge in [0.05, 0.1) is 36.6 Å². The maximum Gasteiger partial charge on any atom is 0.266 e. The zero-order chi connectivity index (χ0) is 22.5. The van der Waals surface area contributed by atoms with Crippen LogP contribution in [0.25, 0.3) is 16.6 Å². The van der Waals surface area contributed by atoms with Crippen molar-refractivity contribution in [3.63, 3.8) is 0 Å². The lowest BCUT2D eigenvalue weighted by molar-refractivity contribution is -0.119. The number of carbonyl (C=O) groups excluding carboxylic acids is 1. The van der Waals surface area contributed by atoms with Gasteiger partial charge in [-0.15, -0.1) is 0 Å². The lowest BCUT2D eigenvalue weighted by Gasteiger charge is -2.22. The number of hydrogen-bond donors (Lipinski definition) is 1. The highest BCUT2D eigenvalue weighted by atomic mass is 32.2. The molecule has 7 nitrogen and oxygen atoms in total. The summed E-state index contributed by atoms with van der Waals surface area (Å²) in [6.45, 7) is 0. The molecule has 2 aromatic carbocycles. The predicted molar refractivity (Wildman–Crippen MR) is 126 cm³/mol. The topological polar surface area (TPSA) is 82.5 Å². The van der Waals surface area contributed by atoms with Crippen molar-refractivity contribution < 1.29 is 14.3 Å². The Labute approximate surface area is 191 Å². The number of fused-ring (bicyclic) bond motifs is 1. The molecule has 3 aromatic rings. The van der Waals surface area contributed by atoms with Gasteiger partial charge >= 0.3 is 0 Å². The largest absolute Gasteiger partial charge is 0.493 e. The first kappa shape index (κ1) is 22.2. The van der Waals surface area contributed by atoms with Gasteiger partial charge in [0, 0.05) is 12.1 Å². The Morgan fingerprint density at radius 3 is 2.59 bits per heavy atom. The van der Waals surface area contributed by atoms with Crippen LogP contribution in [-0.2, 0) is 4.79 Å². The molecule has 0 unspecified atom stereocenters. The van der Waals surface area contributed by atoms with Crippen LogP contribution in [0.1, 0.15) is 32.1 Å². The normalized spacial score (nSPS) is 14.3. The van der Waals surface area contributed by atoms with E-state index >= 15 is 0 Å². The van der Waals surface area contributed by atoms with Gasteiger partial charge in [0.2, 0.25) is 5.91 Å². The second kappa shape index (κ2) is 10.1. The highest BCUT2D eigenvalue weighted by Gasteiger charge is 2.19. The second-order valence-electron chi connectivity index (χ2n) is 7.78. The SMILES string of the molecule is COc1ccc(-n2c(SCC(=O)NC3CCCCC3)nc3ccccc3c2=O)cc1OC. The van der Waals surface area contributed by atoms with E-state index in [0.29, 0.717) is 33.2 Å². The molecule has 0 bridgehead atoms. The lowest BCUT2D eigenvalue weighted by atomic mass is 9.95. The van der Waals surface area contributed by atoms with Gasteiger partial charge in [-0.25, -0.2) is 4.98 Å². The fraction of sp³-hybridized carbons (Fsp3) is 0.375. The predicted octanol–water partition coefficient (Wildman–Crippen LogP) is 3.94. The van der Waals surface area contributed by atoms with Crippen LogP contribution < -0.4 is 20.3 Å². The Bertz CT molecular complexity index is 1170. The average Bonchev–Trinajstić information content (AvgIpc) is 2.83. The van der Waals surface area contributed by atoms with E-state index in [0.717, 1.165) is 25.7 Å². The van der Waals surface area contributed by atoms with Gasteiger partial charge in [-0.2, -0.15) is 0 Å². The molecule has 0 saturated heterocycles. The van der Waals surface area contributed by atoms with E-state index in [9.17, 15) is 9.59 Å². The number of aromatic nitrogens is 2. The standard InChI is InChI=1S/C24H27N3O4S/c1-30-20-13-12-17(14-21(20)31-2)27-23(29)18-10-6-7-11-19(18)26-24(27)32-15-22(28)25-16-8-4-3-5-9-16/h6-7,10-14,16H,3-5,8-9,15H2,1-2H3,(H,25,28). The molecule has 0 radical (unpaired) electrons. The highest BCUT2D eigenvalue weighted by Crippen LogP contribution is 2.30. The van der Waals surface area contributed by atoms with Crippen LogP contribution in [0.3, 0.4) is 0 Å². The summed E-state index contributed by atoms with van der Waals surface area (Å²) in [5.41, 5.74) is 1.00. The van der Waals surface area contributed by atoms with Crippen LogP contribution in [0.4, 0.5) is 0 Å². The first-order chi connectivity index (χ1) is 15.6. The summed E-state index contributed by atoms with van der Waals surface area (Å²) in [6, 6.07) is 12.7. The number of benzene rings is 2. The number of carbonyl (C=O) groups is 1. The van der Waals surface area contributed by atoms with E-state index in [2.05, 4.69) is 5.32 Å². The highest BCUT2D eigenvalue weighted by molar-refractivity contribution is 7.99. The van der Waals surface area contributed by atoms with Gasteiger partial charge in [-0.3, -0.25) is 14.2 Å². The lowest BCUT2D eigenvalue weighted by Crippen LogP contribution is -2.37. The minimum atomic E-state index is -0.196. The molecule has 0 spiro atoms. The van der Waals surface area contributed by atoms with E-state index in [1.54, 1.807) is 38.5 Å². The van der Waals surface area contributed by atoms with Crippen molar-refractivity contribution in [2.45, 2.75) is 43.3 Å². The van der Waals surface area contributed by atoms with Crippen molar-refractivity contribution in [2.75, 3.05) is 20.0 Å². The van der Waals surface area contributed by atoms with Gasteiger partial charge in [0.25, 0.3) is 5.56 Å². The number of thioether (sulfide) groups is 1. The maximum absolute atomic E-state index is 13.4. The maximum atomic E-state index is 13.4. The number of para-hydroxylation sites is 1. The molecule has 8 heteroatoms. The van der Waals surface area contributed by atoms with Crippen LogP contribution in [0.2, 0.25) is 0 Å². The molecular formula is C24H27N3O4S. The van der Waals surface area contributed by atoms with Gasteiger partial charge in [-0.05, 0) is 37.1 Å². The third-order valence-corrected chi connectivity index (χ3v) is 6.61. The summed E-state index contributed by atoms with van der Waals surface area (Å²) in [5.74, 6) is 1.23. The molecule has 168 valence electrons. The third-order valence-electron chi connectivity index (χ3n) is 5.67. The molecule has 1 N–H and O–H groups in total. The number of hydrogen-bond acceptors (Lipinski definition) is 6. The van der Waals surface area contributed by atoms with Crippen LogP contribution in [0.15, 0.2) is 52.4 Å². The first-order valence-electron chi connectivity index (χ1n) is 10.8. The number of methoxy groups -OCH3 is 2. The minimum Gasteiger partial charge on any atom is -0.493 e. The molecule has 1 aliphatic rings. The molecule has 1 aromatic heterocycles. The molecule has 4 rings (SSSR count). The molecular weight excluding hydrogens is 426 g/mol. The quantitative estimate of drug-likeness (QED) is 0.431. The minimum absolute atomic E-state index is 0.0387. The van der Waals surface area contributed by atoms with Crippen molar-refractivity contribution in [3.05, 3.63) is 52.8 Å². The Hall–Kier alpha value is -3.00. The van der Waals surface area contributed by atoms with E-state index < -0.39 is 0 Å². The number of nitrogens with one attached hydrogen (secondary N) is 1. The molecule has 1 fully saturated rings. The number of rotatable bonds is 7. The van der Waals surface area contributed by atoms with Crippen molar-refractivity contribution in [1.82, 2.24) is 14.9 Å². The first-order valence-corrected chi connectivity index (χ1v) is 11.8. The summed E-state index contributed by atoms with van der Waals surface area (Å²) >= 11 is 1.26. The van der Waals surface area contributed by atoms with Crippen molar-refractivity contribution in [1.29, 1.82) is 0 Å². The number of ether oxygens (including phenoxy) is 2. The van der Waals surface area contributed by atoms with Crippen LogP contribution in [-0.4, -0.2) is 41.5 Å². The number of amides is 1. The van der Waals surface area contributed by atoms with Crippen molar-refractivity contribution >= 4 is 28.6 Å². The monoisotopic (exact) mass is 453 g/mol. The van der Waals surface area contributed by atoms with E-state index in [4.69, 9.17) is 14.5 Å². The Morgan fingerprint density at radius 1 is 1.09 bits per heavy atom. The third kappa shape index (κ3) is 4.75. The number of nitrogens with zero attached hydrogens (tertiary/aromatic N) is 2. The fourth-order valence-electron chi connectivity index (χ4n) is 4.05. The van der Waals surface area contributed by atoms with Gasteiger partial charge < -0.3 is 14.8 Å². The summed E-state index contributed by atoms with van der Waals surface area (Å²) in [5, 5.41) is 4.09. The van der Waals surface area contributed by atoms with Crippen molar-refractivity contribution in [2.24, 2.45) is 0 Å². The summed E-state index contributed by atoms with van der Waals surface area (Å²) < 4.78 is 12.3. The van der Waals surface area contributed by atoms with Gasteiger partial charge in [0.1, 0.15) is 0 Å². The zero-order valence-corrected chi connectivity index (χ0v) is 19.1. The molecule has 0 atom stereocenters. The van der Waals surface area contributed by atoms with Crippen LogP contribution >= 0.6 is 11.8 Å². The molecule has 0 aliphatic heterocycles. The van der Waals surface area contributed by atoms with Gasteiger partial charge in [0.15, 0.2) is 16.7 Å².